The number of ether oxygens (including phenoxy) is 3. The summed E-state index contributed by atoms with van der Waals surface area (Å²) >= 11 is 0. The van der Waals surface area contributed by atoms with E-state index in [1.54, 1.807) is 6.08 Å². The molecule has 1 aliphatic rings. The van der Waals surface area contributed by atoms with Gasteiger partial charge in [0.15, 0.2) is 6.29 Å². The largest absolute Gasteiger partial charge is 0.466 e. The Kier molecular flexibility index (Phi) is 42.6. The highest BCUT2D eigenvalue weighted by molar-refractivity contribution is 5.76. The molecule has 0 bridgehead atoms. The fraction of sp³-hybridized carbons (Fsp3) is 0.786. The predicted octanol–water partition coefficient (Wildman–Crippen LogP) is 11.5. The predicted molar refractivity (Wildman–Crippen MR) is 273 cm³/mol. The number of allylic oxidation sites excluding steroid dienone is 9. The molecule has 11 heteroatoms. The fourth-order valence-electron chi connectivity index (χ4n) is 8.05. The molecule has 1 fully saturated rings. The van der Waals surface area contributed by atoms with Crippen molar-refractivity contribution in [2.75, 3.05) is 19.8 Å². The number of aliphatic hydroxyl groups is 5. The van der Waals surface area contributed by atoms with Gasteiger partial charge in [0.25, 0.3) is 0 Å². The summed E-state index contributed by atoms with van der Waals surface area (Å²) in [6.07, 6.45) is 47.6. The molecular formula is C56H99NO10. The molecule has 1 saturated heterocycles. The number of hydrogen-bond donors (Lipinski definition) is 6. The quantitative estimate of drug-likeness (QED) is 0.0196. The van der Waals surface area contributed by atoms with Crippen molar-refractivity contribution >= 4 is 11.9 Å². The fourth-order valence-corrected chi connectivity index (χ4v) is 8.05. The number of amides is 1. The molecule has 11 nitrogen and oxygen atoms in total. The maximum Gasteiger partial charge on any atom is 0.305 e. The van der Waals surface area contributed by atoms with Crippen molar-refractivity contribution in [1.82, 2.24) is 5.32 Å². The van der Waals surface area contributed by atoms with Crippen molar-refractivity contribution in [1.29, 1.82) is 0 Å². The van der Waals surface area contributed by atoms with Gasteiger partial charge >= 0.3 is 5.97 Å². The number of hydrogen-bond acceptors (Lipinski definition) is 10. The summed E-state index contributed by atoms with van der Waals surface area (Å²) in [5.41, 5.74) is 0. The number of aliphatic hydroxyl groups excluding tert-OH is 5. The third-order valence-corrected chi connectivity index (χ3v) is 12.4. The zero-order chi connectivity index (χ0) is 48.8. The molecule has 0 aromatic rings. The molecule has 388 valence electrons. The lowest BCUT2D eigenvalue weighted by Crippen LogP contribution is -2.60. The van der Waals surface area contributed by atoms with Crippen molar-refractivity contribution in [3.05, 3.63) is 60.8 Å². The first-order valence-corrected chi connectivity index (χ1v) is 27.0. The first-order valence-electron chi connectivity index (χ1n) is 27.0. The van der Waals surface area contributed by atoms with Gasteiger partial charge in [0.2, 0.25) is 5.91 Å². The van der Waals surface area contributed by atoms with Crippen LogP contribution in [0, 0.1) is 0 Å². The smallest absolute Gasteiger partial charge is 0.305 e. The topological polar surface area (TPSA) is 175 Å². The molecule has 1 heterocycles. The van der Waals surface area contributed by atoms with Crippen molar-refractivity contribution < 1.29 is 49.3 Å². The lowest BCUT2D eigenvalue weighted by Gasteiger charge is -2.40. The normalized spacial score (nSPS) is 20.0. The summed E-state index contributed by atoms with van der Waals surface area (Å²) in [5.74, 6) is -0.241. The van der Waals surface area contributed by atoms with Gasteiger partial charge < -0.3 is 45.1 Å². The minimum atomic E-state index is -1.58. The van der Waals surface area contributed by atoms with Crippen LogP contribution in [0.3, 0.4) is 0 Å². The molecule has 67 heavy (non-hydrogen) atoms. The highest BCUT2D eigenvalue weighted by Gasteiger charge is 2.44. The Morgan fingerprint density at radius 2 is 1.03 bits per heavy atom. The van der Waals surface area contributed by atoms with E-state index in [9.17, 15) is 35.1 Å². The maximum absolute atomic E-state index is 12.9. The second-order valence-electron chi connectivity index (χ2n) is 18.6. The second-order valence-corrected chi connectivity index (χ2v) is 18.6. The van der Waals surface area contributed by atoms with Crippen molar-refractivity contribution in [3.63, 3.8) is 0 Å². The molecule has 6 N–H and O–H groups in total. The summed E-state index contributed by atoms with van der Waals surface area (Å²) in [6, 6.07) is -0.844. The van der Waals surface area contributed by atoms with Crippen molar-refractivity contribution in [2.45, 2.75) is 262 Å². The number of esters is 1. The molecule has 0 aliphatic carbocycles. The lowest BCUT2D eigenvalue weighted by atomic mass is 9.99. The van der Waals surface area contributed by atoms with Crippen molar-refractivity contribution in [2.24, 2.45) is 0 Å². The molecule has 1 rings (SSSR count). The van der Waals surface area contributed by atoms with E-state index in [2.05, 4.69) is 54.8 Å². The number of nitrogens with one attached hydrogen (secondary N) is 1. The van der Waals surface area contributed by atoms with Gasteiger partial charge in [0.05, 0.1) is 32.0 Å². The SMILES string of the molecule is C/C=C/CC/C=C/CC/C=C/C(O)C(COC1OC(CO)C(O)C(O)C1O)NC(=O)CCCCCCC/C=C\CCCCCCCCCCCOC(=O)CCCCCCC/C=C\CCCCC. The molecule has 0 radical (unpaired) electrons. The zero-order valence-corrected chi connectivity index (χ0v) is 42.3. The highest BCUT2D eigenvalue weighted by atomic mass is 16.7. The Balaban J connectivity index is 2.09. The van der Waals surface area contributed by atoms with Crippen LogP contribution in [0.25, 0.3) is 0 Å². The van der Waals surface area contributed by atoms with E-state index in [1.807, 2.05) is 19.1 Å². The van der Waals surface area contributed by atoms with Gasteiger partial charge in [-0.2, -0.15) is 0 Å². The van der Waals surface area contributed by atoms with E-state index in [4.69, 9.17) is 14.2 Å². The zero-order valence-electron chi connectivity index (χ0n) is 42.3. The van der Waals surface area contributed by atoms with Crippen LogP contribution in [0.2, 0.25) is 0 Å². The van der Waals surface area contributed by atoms with E-state index < -0.39 is 49.5 Å². The van der Waals surface area contributed by atoms with Crippen LogP contribution in [0.5, 0.6) is 0 Å². The average Bonchev–Trinajstić information content (AvgIpc) is 3.32. The molecule has 1 amide bonds. The molecule has 0 spiro atoms. The summed E-state index contributed by atoms with van der Waals surface area (Å²) in [4.78, 5) is 25.0. The summed E-state index contributed by atoms with van der Waals surface area (Å²) in [7, 11) is 0. The molecule has 1 aliphatic heterocycles. The van der Waals surface area contributed by atoms with Gasteiger partial charge in [0, 0.05) is 12.8 Å². The van der Waals surface area contributed by atoms with Gasteiger partial charge in [-0.15, -0.1) is 0 Å². The standard InChI is InChI=1S/C56H99NO10/c1-3-5-7-9-11-13-14-24-28-32-36-40-44-52(61)65-45-41-37-33-29-25-22-20-18-16-15-17-19-21-23-27-31-35-39-43-51(60)57-48(49(59)42-38-34-30-26-12-10-8-6-4-2)47-66-56-55(64)54(63)53(62)50(46-58)67-56/h4,6,11-13,17,19,26,38,42,48-50,53-56,58-59,62-64H,3,5,7-10,14-16,18,20-25,27-37,39-41,43-47H2,1-2H3,(H,57,60)/b6-4+,13-11-,19-17-,26-12+,42-38+. The Labute approximate surface area is 408 Å². The van der Waals surface area contributed by atoms with Gasteiger partial charge in [-0.3, -0.25) is 9.59 Å². The molecule has 0 aromatic carbocycles. The van der Waals surface area contributed by atoms with Crippen LogP contribution in [-0.4, -0.2) is 100 Å². The maximum atomic E-state index is 12.9. The average molecular weight is 946 g/mol. The van der Waals surface area contributed by atoms with Gasteiger partial charge in [-0.1, -0.05) is 164 Å². The number of carbonyl (C=O) groups excluding carboxylic acids is 2. The van der Waals surface area contributed by atoms with E-state index >= 15 is 0 Å². The Morgan fingerprint density at radius 1 is 0.567 bits per heavy atom. The monoisotopic (exact) mass is 946 g/mol. The van der Waals surface area contributed by atoms with E-state index in [0.29, 0.717) is 25.9 Å². The lowest BCUT2D eigenvalue weighted by molar-refractivity contribution is -0.302. The molecule has 0 aromatic heterocycles. The number of unbranched alkanes of at least 4 members (excludes halogenated alkanes) is 24. The van der Waals surface area contributed by atoms with Crippen molar-refractivity contribution in [3.8, 4) is 0 Å². The molecule has 7 unspecified atom stereocenters. The van der Waals surface area contributed by atoms with Crippen LogP contribution >= 0.6 is 0 Å². The third-order valence-electron chi connectivity index (χ3n) is 12.4. The van der Waals surface area contributed by atoms with Gasteiger partial charge in [-0.25, -0.2) is 0 Å². The molecule has 0 saturated carbocycles. The van der Waals surface area contributed by atoms with Gasteiger partial charge in [0.1, 0.15) is 24.4 Å². The Hall–Kier alpha value is -2.64. The van der Waals surface area contributed by atoms with Crippen LogP contribution in [0.1, 0.15) is 219 Å². The van der Waals surface area contributed by atoms with E-state index in [-0.39, 0.29) is 18.5 Å². The molecule has 7 atom stereocenters. The van der Waals surface area contributed by atoms with Crippen LogP contribution < -0.4 is 5.32 Å². The van der Waals surface area contributed by atoms with E-state index in [0.717, 1.165) is 89.9 Å². The summed E-state index contributed by atoms with van der Waals surface area (Å²) < 4.78 is 16.6. The Bertz CT molecular complexity index is 1300. The van der Waals surface area contributed by atoms with Crippen LogP contribution in [-0.2, 0) is 23.8 Å². The summed E-state index contributed by atoms with van der Waals surface area (Å²) in [6.45, 7) is 4.02. The second kappa shape index (κ2) is 45.8. The van der Waals surface area contributed by atoms with E-state index in [1.165, 1.54) is 96.3 Å². The first-order chi connectivity index (χ1) is 32.7. The third kappa shape index (κ3) is 36.0. The number of rotatable bonds is 45. The van der Waals surface area contributed by atoms with Crippen LogP contribution in [0.4, 0.5) is 0 Å². The minimum absolute atomic E-state index is 0.0254. The van der Waals surface area contributed by atoms with Gasteiger partial charge in [-0.05, 0) is 103 Å². The Morgan fingerprint density at radius 3 is 1.57 bits per heavy atom. The number of carbonyl (C=O) groups is 2. The minimum Gasteiger partial charge on any atom is -0.466 e. The molecular weight excluding hydrogens is 847 g/mol. The van der Waals surface area contributed by atoms with Crippen LogP contribution in [0.15, 0.2) is 60.8 Å². The highest BCUT2D eigenvalue weighted by Crippen LogP contribution is 2.23. The first kappa shape index (κ1) is 62.4. The summed E-state index contributed by atoms with van der Waals surface area (Å²) in [5, 5.41) is 54.0.